The van der Waals surface area contributed by atoms with E-state index in [-0.39, 0.29) is 12.4 Å². The maximum Gasteiger partial charge on any atom is 0.411 e. The second kappa shape index (κ2) is 5.31. The van der Waals surface area contributed by atoms with Crippen molar-refractivity contribution in [2.45, 2.75) is 24.3 Å². The summed E-state index contributed by atoms with van der Waals surface area (Å²) >= 11 is 1.71. The molecule has 0 unspecified atom stereocenters. The Kier molecular flexibility index (Phi) is 3.96. The number of rotatable bonds is 4. The second-order valence-electron chi connectivity index (χ2n) is 3.76. The molecule has 1 aromatic heterocycles. The minimum Gasteiger partial charge on any atom is -0.373 e. The molecule has 8 heteroatoms. The lowest BCUT2D eigenvalue weighted by Crippen LogP contribution is -2.17. The summed E-state index contributed by atoms with van der Waals surface area (Å²) in [5, 5.41) is 2.93. The molecule has 0 radical (unpaired) electrons. The molecule has 0 bridgehead atoms. The van der Waals surface area contributed by atoms with Crippen molar-refractivity contribution in [1.82, 2.24) is 9.97 Å². The zero-order chi connectivity index (χ0) is 13.2. The number of thioether (sulfide) groups is 1. The molecule has 0 amide bonds. The van der Waals surface area contributed by atoms with Gasteiger partial charge in [-0.15, -0.1) is 0 Å². The molecule has 1 aromatic rings. The van der Waals surface area contributed by atoms with E-state index in [1.807, 2.05) is 0 Å². The van der Waals surface area contributed by atoms with Crippen LogP contribution in [-0.4, -0.2) is 29.8 Å². The lowest BCUT2D eigenvalue weighted by atomic mass is 10.2. The Bertz CT molecular complexity index is 439. The minimum absolute atomic E-state index is 0.230. The van der Waals surface area contributed by atoms with E-state index in [2.05, 4.69) is 20.0 Å². The third-order valence-electron chi connectivity index (χ3n) is 2.36. The predicted octanol–water partition coefficient (Wildman–Crippen LogP) is 2.34. The van der Waals surface area contributed by atoms with Gasteiger partial charge in [0.05, 0.1) is 5.69 Å². The van der Waals surface area contributed by atoms with Crippen molar-refractivity contribution < 1.29 is 17.9 Å². The first-order valence-corrected chi connectivity index (χ1v) is 6.43. The number of aromatic nitrogens is 2. The van der Waals surface area contributed by atoms with Crippen molar-refractivity contribution in [3.8, 4) is 0 Å². The summed E-state index contributed by atoms with van der Waals surface area (Å²) in [5.41, 5.74) is 1.91. The van der Waals surface area contributed by atoms with E-state index in [1.165, 1.54) is 0 Å². The fourth-order valence-electron chi connectivity index (χ4n) is 1.63. The Hall–Kier alpha value is -1.02. The average molecular weight is 279 g/mol. The van der Waals surface area contributed by atoms with Crippen molar-refractivity contribution in [3.63, 3.8) is 0 Å². The maximum atomic E-state index is 11.9. The van der Waals surface area contributed by atoms with E-state index in [0.29, 0.717) is 5.82 Å². The lowest BCUT2D eigenvalue weighted by Gasteiger charge is -2.10. The molecule has 1 aliphatic rings. The van der Waals surface area contributed by atoms with Crippen LogP contribution in [0.2, 0.25) is 0 Å². The molecule has 18 heavy (non-hydrogen) atoms. The summed E-state index contributed by atoms with van der Waals surface area (Å²) in [5.74, 6) is 2.55. The van der Waals surface area contributed by atoms with Crippen LogP contribution in [0.5, 0.6) is 0 Å². The lowest BCUT2D eigenvalue weighted by molar-refractivity contribution is -0.177. The maximum absolute atomic E-state index is 11.9. The molecule has 0 fully saturated rings. The van der Waals surface area contributed by atoms with Crippen molar-refractivity contribution in [2.24, 2.45) is 0 Å². The van der Waals surface area contributed by atoms with E-state index in [1.54, 1.807) is 18.8 Å². The molecule has 4 nitrogen and oxygen atoms in total. The van der Waals surface area contributed by atoms with Gasteiger partial charge in [-0.1, -0.05) is 0 Å². The van der Waals surface area contributed by atoms with Gasteiger partial charge in [-0.25, -0.2) is 9.97 Å². The molecule has 1 aliphatic heterocycles. The molecule has 0 aromatic carbocycles. The third kappa shape index (κ3) is 3.26. The fraction of sp³-hybridized carbons (Fsp3) is 0.600. The first-order valence-electron chi connectivity index (χ1n) is 5.28. The molecule has 1 N–H and O–H groups in total. The van der Waals surface area contributed by atoms with Crippen LogP contribution >= 0.6 is 11.8 Å². The number of hydrogen-bond donors (Lipinski definition) is 1. The predicted molar refractivity (Wildman–Crippen MR) is 62.3 cm³/mol. The van der Waals surface area contributed by atoms with Crippen molar-refractivity contribution >= 4 is 17.6 Å². The molecule has 0 aliphatic carbocycles. The standard InChI is InChI=1S/C10H12F3N3OS/c1-14-9-6-3-18-4-7(6)15-8(16-9)2-17-5-10(11,12)13/h2-5H2,1H3,(H,14,15,16). The van der Waals surface area contributed by atoms with Crippen LogP contribution in [0.3, 0.4) is 0 Å². The molecule has 0 atom stereocenters. The van der Waals surface area contributed by atoms with Crippen LogP contribution in [0, 0.1) is 0 Å². The van der Waals surface area contributed by atoms with Crippen LogP contribution in [0.25, 0.3) is 0 Å². The monoisotopic (exact) mass is 279 g/mol. The number of halogens is 3. The number of alkyl halides is 3. The highest BCUT2D eigenvalue weighted by Crippen LogP contribution is 2.32. The number of nitrogens with zero attached hydrogens (tertiary/aromatic N) is 2. The Labute approximate surface area is 106 Å². The molecule has 100 valence electrons. The van der Waals surface area contributed by atoms with E-state index in [0.717, 1.165) is 22.8 Å². The Morgan fingerprint density at radius 1 is 1.33 bits per heavy atom. The smallest absolute Gasteiger partial charge is 0.373 e. The molecule has 2 heterocycles. The summed E-state index contributed by atoms with van der Waals surface area (Å²) in [7, 11) is 1.73. The van der Waals surface area contributed by atoms with Crippen molar-refractivity contribution in [3.05, 3.63) is 17.1 Å². The van der Waals surface area contributed by atoms with E-state index in [9.17, 15) is 13.2 Å². The van der Waals surface area contributed by atoms with Gasteiger partial charge in [-0.2, -0.15) is 24.9 Å². The molecule has 0 saturated carbocycles. The molecule has 2 rings (SSSR count). The summed E-state index contributed by atoms with van der Waals surface area (Å²) in [6.07, 6.45) is -4.32. The van der Waals surface area contributed by atoms with Crippen LogP contribution < -0.4 is 5.32 Å². The Morgan fingerprint density at radius 3 is 2.78 bits per heavy atom. The SMILES string of the molecule is CNc1nc(COCC(F)(F)F)nc2c1CSC2. The van der Waals surface area contributed by atoms with Crippen LogP contribution in [-0.2, 0) is 22.8 Å². The van der Waals surface area contributed by atoms with Crippen molar-refractivity contribution in [2.75, 3.05) is 19.0 Å². The van der Waals surface area contributed by atoms with E-state index < -0.39 is 12.8 Å². The number of hydrogen-bond acceptors (Lipinski definition) is 5. The molecular weight excluding hydrogens is 267 g/mol. The quantitative estimate of drug-likeness (QED) is 0.916. The first-order chi connectivity index (χ1) is 8.49. The van der Waals surface area contributed by atoms with Gasteiger partial charge >= 0.3 is 6.18 Å². The normalized spacial score (nSPS) is 14.7. The van der Waals surface area contributed by atoms with Gasteiger partial charge in [0.25, 0.3) is 0 Å². The van der Waals surface area contributed by atoms with E-state index >= 15 is 0 Å². The highest BCUT2D eigenvalue weighted by atomic mass is 32.2. The largest absolute Gasteiger partial charge is 0.411 e. The summed E-state index contributed by atoms with van der Waals surface area (Å²) < 4.78 is 40.4. The third-order valence-corrected chi connectivity index (χ3v) is 3.33. The topological polar surface area (TPSA) is 47.0 Å². The summed E-state index contributed by atoms with van der Waals surface area (Å²) in [6.45, 7) is -1.51. The van der Waals surface area contributed by atoms with Gasteiger partial charge < -0.3 is 10.1 Å². The van der Waals surface area contributed by atoms with Gasteiger partial charge in [0.2, 0.25) is 0 Å². The Morgan fingerprint density at radius 2 is 2.11 bits per heavy atom. The van der Waals surface area contributed by atoms with Gasteiger partial charge in [0.1, 0.15) is 19.0 Å². The minimum atomic E-state index is -4.32. The van der Waals surface area contributed by atoms with Gasteiger partial charge in [0, 0.05) is 24.1 Å². The average Bonchev–Trinajstić information content (AvgIpc) is 2.74. The summed E-state index contributed by atoms with van der Waals surface area (Å²) in [6, 6.07) is 0. The first kappa shape index (κ1) is 13.4. The number of fused-ring (bicyclic) bond motifs is 1. The molecule has 0 saturated heterocycles. The molecular formula is C10H12F3N3OS. The highest BCUT2D eigenvalue weighted by Gasteiger charge is 2.27. The highest BCUT2D eigenvalue weighted by molar-refractivity contribution is 7.98. The summed E-state index contributed by atoms with van der Waals surface area (Å²) in [4.78, 5) is 8.37. The number of nitrogens with one attached hydrogen (secondary N) is 1. The van der Waals surface area contributed by atoms with Gasteiger partial charge in [-0.05, 0) is 0 Å². The van der Waals surface area contributed by atoms with Crippen LogP contribution in [0.4, 0.5) is 19.0 Å². The van der Waals surface area contributed by atoms with Crippen LogP contribution in [0.15, 0.2) is 0 Å². The van der Waals surface area contributed by atoms with Crippen molar-refractivity contribution in [1.29, 1.82) is 0 Å². The second-order valence-corrected chi connectivity index (χ2v) is 4.75. The van der Waals surface area contributed by atoms with Gasteiger partial charge in [-0.3, -0.25) is 0 Å². The van der Waals surface area contributed by atoms with E-state index in [4.69, 9.17) is 0 Å². The van der Waals surface area contributed by atoms with Gasteiger partial charge in [0.15, 0.2) is 5.82 Å². The van der Waals surface area contributed by atoms with Crippen LogP contribution in [0.1, 0.15) is 17.1 Å². The molecule has 0 spiro atoms. The fourth-order valence-corrected chi connectivity index (χ4v) is 2.67. The zero-order valence-corrected chi connectivity index (χ0v) is 10.5. The number of ether oxygens (including phenoxy) is 1. The Balaban J connectivity index is 2.05. The number of anilines is 1. The zero-order valence-electron chi connectivity index (χ0n) is 9.67.